The Morgan fingerprint density at radius 1 is 0.957 bits per heavy atom. The van der Waals surface area contributed by atoms with Crippen LogP contribution in [0.15, 0.2) is 114 Å². The summed E-state index contributed by atoms with van der Waals surface area (Å²) in [5.74, 6) is -1.08. The molecule has 0 saturated heterocycles. The van der Waals surface area contributed by atoms with Crippen LogP contribution in [0.2, 0.25) is 0 Å². The molecule has 2 aliphatic heterocycles. The molecule has 17 heteroatoms. The van der Waals surface area contributed by atoms with E-state index < -0.39 is 28.8 Å². The fourth-order valence-electron chi connectivity index (χ4n) is 10.2. The number of carbonyl (C=O) groups is 1. The molecule has 69 heavy (non-hydrogen) atoms. The number of allylic oxidation sites excluding steroid dienone is 1. The van der Waals surface area contributed by atoms with Crippen LogP contribution in [0.4, 0.5) is 14.9 Å². The Hall–Kier alpha value is -6.20. The number of fused-ring (bicyclic) bond motifs is 3. The number of hydrogen-bond acceptors (Lipinski definition) is 13. The molecule has 0 spiro atoms. The molecule has 2 aliphatic carbocycles. The minimum atomic E-state index is -1.62. The second-order valence-electron chi connectivity index (χ2n) is 17.5. The number of aliphatic hydroxyl groups excluding tert-OH is 2. The average molecular weight is 970 g/mol. The minimum absolute atomic E-state index is 0.0117. The van der Waals surface area contributed by atoms with E-state index >= 15 is 0 Å². The molecule has 15 nitrogen and oxygen atoms in total. The van der Waals surface area contributed by atoms with Crippen molar-refractivity contribution in [2.75, 3.05) is 39.1 Å². The first-order valence-electron chi connectivity index (χ1n) is 23.4. The van der Waals surface area contributed by atoms with Gasteiger partial charge in [0.2, 0.25) is 12.6 Å². The van der Waals surface area contributed by atoms with Gasteiger partial charge < -0.3 is 43.5 Å². The number of oxime groups is 1. The summed E-state index contributed by atoms with van der Waals surface area (Å²) in [4.78, 5) is 33.4. The number of hydrogen-bond donors (Lipinski definition) is 2. The summed E-state index contributed by atoms with van der Waals surface area (Å²) in [7, 11) is 0. The number of nitrogens with zero attached hydrogens (tertiary/aromatic N) is 3. The normalized spacial score (nSPS) is 22.4. The third-order valence-corrected chi connectivity index (χ3v) is 13.4. The van der Waals surface area contributed by atoms with Gasteiger partial charge in [0.25, 0.3) is 5.69 Å². The van der Waals surface area contributed by atoms with Crippen LogP contribution in [0.3, 0.4) is 0 Å². The number of nitro benzene ring substituents is 1. The zero-order chi connectivity index (χ0) is 48.3. The lowest BCUT2D eigenvalue weighted by Gasteiger charge is -2.59. The maximum atomic E-state index is 14.9. The standard InChI is InChI=1S/C52H57ClFN3O12/c1-2-24-67-52-48(56(51(60)63-25-21-53)30-35-15-19-46-47(26-35)66-33-65-46)29-44(55-68-31-34-13-16-38(17-14-34)57(61)62)41-27-36(9-5-7-22-58)40(11-6-8-23-59)49(50(41)52)42-28-39(18-20-45(42)69-52)64-32-37-10-3-4-12-43(37)54/h2-4,10,12-20,26-28,36,40,48-50,58-59H,1,5-9,11,21-25,29-33H2. The zero-order valence-electron chi connectivity index (χ0n) is 38.2. The summed E-state index contributed by atoms with van der Waals surface area (Å²) in [5, 5.41) is 36.3. The van der Waals surface area contributed by atoms with E-state index in [-0.39, 0.29) is 94.5 Å². The largest absolute Gasteiger partial charge is 0.489 e. The van der Waals surface area contributed by atoms with Crippen molar-refractivity contribution in [2.24, 2.45) is 22.9 Å². The summed E-state index contributed by atoms with van der Waals surface area (Å²) in [6.45, 7) is 4.04. The van der Waals surface area contributed by atoms with Gasteiger partial charge in [-0.3, -0.25) is 15.0 Å². The van der Waals surface area contributed by atoms with Gasteiger partial charge in [0.1, 0.15) is 43.2 Å². The van der Waals surface area contributed by atoms with E-state index in [1.54, 1.807) is 53.4 Å². The Labute approximate surface area is 405 Å². The van der Waals surface area contributed by atoms with Gasteiger partial charge in [0.15, 0.2) is 11.5 Å². The highest BCUT2D eigenvalue weighted by atomic mass is 35.5. The monoisotopic (exact) mass is 969 g/mol. The van der Waals surface area contributed by atoms with Crippen LogP contribution in [-0.2, 0) is 34.1 Å². The molecule has 1 saturated carbocycles. The number of nitro groups is 1. The predicted molar refractivity (Wildman–Crippen MR) is 254 cm³/mol. The first kappa shape index (κ1) is 49.2. The molecule has 4 aromatic carbocycles. The lowest BCUT2D eigenvalue weighted by atomic mass is 9.55. The smallest absolute Gasteiger partial charge is 0.410 e. The number of unbranched alkanes of at least 4 members (excludes halogenated alkanes) is 2. The van der Waals surface area contributed by atoms with Crippen molar-refractivity contribution in [3.63, 3.8) is 0 Å². The van der Waals surface area contributed by atoms with Crippen LogP contribution in [0.1, 0.15) is 73.1 Å². The summed E-state index contributed by atoms with van der Waals surface area (Å²) < 4.78 is 52.8. The lowest BCUT2D eigenvalue weighted by Crippen LogP contribution is -2.70. The van der Waals surface area contributed by atoms with Crippen molar-refractivity contribution in [3.05, 3.63) is 147 Å². The molecule has 366 valence electrons. The molecule has 6 atom stereocenters. The number of non-ortho nitro benzene ring substituents is 1. The molecular weight excluding hydrogens is 913 g/mol. The molecule has 2 N–H and O–H groups in total. The van der Waals surface area contributed by atoms with Crippen molar-refractivity contribution in [1.29, 1.82) is 0 Å². The number of carbonyl (C=O) groups excluding carboxylic acids is 1. The van der Waals surface area contributed by atoms with Crippen LogP contribution < -0.4 is 18.9 Å². The van der Waals surface area contributed by atoms with Gasteiger partial charge in [-0.15, -0.1) is 18.2 Å². The van der Waals surface area contributed by atoms with Crippen LogP contribution in [-0.4, -0.2) is 82.8 Å². The predicted octanol–water partition coefficient (Wildman–Crippen LogP) is 9.75. The highest BCUT2D eigenvalue weighted by Crippen LogP contribution is 2.62. The molecule has 6 unspecified atom stereocenters. The van der Waals surface area contributed by atoms with Crippen LogP contribution in [0.25, 0.3) is 0 Å². The SMILES string of the molecule is C=CCOC12Oc3ccc(OCc4ccccc4F)cc3C3C(CCCCO)C(CCCCO)C=C(C(=NOCc4ccc([N+](=O)[O-])cc4)CC1N(Cc1ccc4c(c1)OCO4)C(=O)OCCCl)C32. The fourth-order valence-corrected chi connectivity index (χ4v) is 10.2. The van der Waals surface area contributed by atoms with E-state index in [1.807, 2.05) is 24.3 Å². The molecule has 4 aliphatic rings. The van der Waals surface area contributed by atoms with Crippen LogP contribution in [0.5, 0.6) is 23.0 Å². The number of benzene rings is 4. The first-order valence-corrected chi connectivity index (χ1v) is 23.9. The zero-order valence-corrected chi connectivity index (χ0v) is 39.0. The van der Waals surface area contributed by atoms with E-state index in [9.17, 15) is 29.5 Å². The van der Waals surface area contributed by atoms with Crippen LogP contribution in [0, 0.1) is 33.7 Å². The summed E-state index contributed by atoms with van der Waals surface area (Å²) in [6, 6.07) is 22.5. The summed E-state index contributed by atoms with van der Waals surface area (Å²) >= 11 is 6.13. The Bertz CT molecular complexity index is 2510. The van der Waals surface area contributed by atoms with Gasteiger partial charge in [-0.2, -0.15) is 0 Å². The third kappa shape index (κ3) is 11.0. The minimum Gasteiger partial charge on any atom is -0.489 e. The number of aliphatic hydroxyl groups is 2. The third-order valence-electron chi connectivity index (χ3n) is 13.3. The maximum absolute atomic E-state index is 14.9. The van der Waals surface area contributed by atoms with Crippen LogP contribution >= 0.6 is 11.6 Å². The van der Waals surface area contributed by atoms with Gasteiger partial charge in [-0.1, -0.05) is 54.4 Å². The van der Waals surface area contributed by atoms with E-state index in [2.05, 4.69) is 12.7 Å². The Balaban J connectivity index is 1.31. The number of amides is 1. The maximum Gasteiger partial charge on any atom is 0.410 e. The molecule has 1 fully saturated rings. The van der Waals surface area contributed by atoms with Crippen molar-refractivity contribution in [3.8, 4) is 23.0 Å². The number of ether oxygens (including phenoxy) is 6. The second-order valence-corrected chi connectivity index (χ2v) is 17.8. The van der Waals surface area contributed by atoms with Gasteiger partial charge in [-0.25, -0.2) is 9.18 Å². The number of alkyl halides is 1. The lowest BCUT2D eigenvalue weighted by molar-refractivity contribution is -0.384. The van der Waals surface area contributed by atoms with Crippen molar-refractivity contribution in [2.45, 2.75) is 82.5 Å². The summed E-state index contributed by atoms with van der Waals surface area (Å²) in [6.07, 6.45) is 7.25. The molecule has 4 aromatic rings. The van der Waals surface area contributed by atoms with Crippen molar-refractivity contribution in [1.82, 2.24) is 4.90 Å². The van der Waals surface area contributed by atoms with Gasteiger partial charge in [0, 0.05) is 55.4 Å². The number of rotatable bonds is 23. The highest BCUT2D eigenvalue weighted by molar-refractivity contribution is 6.18. The van der Waals surface area contributed by atoms with Gasteiger partial charge >= 0.3 is 6.09 Å². The van der Waals surface area contributed by atoms with E-state index in [0.29, 0.717) is 71.1 Å². The molecular formula is C52H57ClFN3O12. The number of halogens is 2. The highest BCUT2D eigenvalue weighted by Gasteiger charge is 2.65. The fraction of sp³-hybridized carbons (Fsp3) is 0.423. The topological polar surface area (TPSA) is 181 Å². The first-order chi connectivity index (χ1) is 33.7. The summed E-state index contributed by atoms with van der Waals surface area (Å²) in [5.41, 5.74) is 3.81. The van der Waals surface area contributed by atoms with E-state index in [4.69, 9.17) is 50.0 Å². The average Bonchev–Trinajstić information content (AvgIpc) is 3.84. The molecule has 1 amide bonds. The molecule has 0 bridgehead atoms. The second kappa shape index (κ2) is 22.9. The van der Waals surface area contributed by atoms with E-state index in [1.165, 1.54) is 18.2 Å². The quantitative estimate of drug-likeness (QED) is 0.0237. The molecule has 2 heterocycles. The van der Waals surface area contributed by atoms with Gasteiger partial charge in [0.05, 0.1) is 29.0 Å². The molecule has 0 radical (unpaired) electrons. The Morgan fingerprint density at radius 3 is 2.46 bits per heavy atom. The molecule has 0 aromatic heterocycles. The van der Waals surface area contributed by atoms with Crippen molar-refractivity contribution >= 4 is 29.1 Å². The van der Waals surface area contributed by atoms with E-state index in [0.717, 1.165) is 24.0 Å². The Morgan fingerprint density at radius 2 is 1.71 bits per heavy atom. The van der Waals surface area contributed by atoms with Gasteiger partial charge in [-0.05, 0) is 103 Å². The molecule has 8 rings (SSSR count). The van der Waals surface area contributed by atoms with Crippen molar-refractivity contribution < 1.29 is 57.6 Å². The Kier molecular flexibility index (Phi) is 16.4.